The highest BCUT2D eigenvalue weighted by molar-refractivity contribution is 14.1. The highest BCUT2D eigenvalue weighted by Gasteiger charge is 2.13. The van der Waals surface area contributed by atoms with Gasteiger partial charge in [0.1, 0.15) is 11.1 Å². The van der Waals surface area contributed by atoms with Crippen LogP contribution in [-0.4, -0.2) is 29.5 Å². The Morgan fingerprint density at radius 2 is 2.31 bits per heavy atom. The topological polar surface area (TPSA) is 146 Å². The molecule has 0 aromatic rings. The molecule has 10 heteroatoms. The number of hydrazone groups is 1. The fourth-order valence-electron chi connectivity index (χ4n) is 0.837. The Balaban J connectivity index is 3.68. The van der Waals surface area contributed by atoms with Crippen LogP contribution in [0.5, 0.6) is 0 Å². The number of carbonyl (C=O) groups excluding carboxylic acids is 1. The number of nitrogens with one attached hydrogen (secondary N) is 1. The molecule has 0 saturated heterocycles. The van der Waals surface area contributed by atoms with Gasteiger partial charge in [0, 0.05) is 6.54 Å². The average molecular weight is 345 g/mol. The van der Waals surface area contributed by atoms with Gasteiger partial charge in [0.25, 0.3) is 5.96 Å². The van der Waals surface area contributed by atoms with E-state index in [9.17, 15) is 14.9 Å². The molecule has 92 valence electrons. The summed E-state index contributed by atoms with van der Waals surface area (Å²) in [6, 6.07) is -0.702. The highest BCUT2D eigenvalue weighted by Crippen LogP contribution is 1.99. The fraction of sp³-hybridized carbons (Fsp3) is 0.667. The van der Waals surface area contributed by atoms with Crippen LogP contribution in [0, 0.1) is 10.1 Å². The standard InChI is InChI=1S/C6H12IN5O4/c7-16-5(13)4(8)2-1-3-10-6(9)11-12(14)15/h4H,1-3,8H2,(H3,9,10,11). The van der Waals surface area contributed by atoms with Crippen molar-refractivity contribution in [2.24, 2.45) is 16.6 Å². The summed E-state index contributed by atoms with van der Waals surface area (Å²) < 4.78 is 4.39. The van der Waals surface area contributed by atoms with E-state index in [1.54, 1.807) is 0 Å². The monoisotopic (exact) mass is 345 g/mol. The van der Waals surface area contributed by atoms with Gasteiger partial charge in [0.2, 0.25) is 0 Å². The van der Waals surface area contributed by atoms with Crippen molar-refractivity contribution < 1.29 is 12.9 Å². The lowest BCUT2D eigenvalue weighted by Gasteiger charge is -2.07. The second-order valence-corrected chi connectivity index (χ2v) is 3.24. The molecule has 0 rings (SSSR count). The molecule has 1 unspecified atom stereocenters. The molecule has 0 fully saturated rings. The molecular formula is C6H12IN5O4. The Labute approximate surface area is 105 Å². The molecule has 0 spiro atoms. The van der Waals surface area contributed by atoms with E-state index in [0.29, 0.717) is 19.4 Å². The van der Waals surface area contributed by atoms with Crippen molar-refractivity contribution in [1.29, 1.82) is 0 Å². The maximum Gasteiger partial charge on any atom is 0.332 e. The van der Waals surface area contributed by atoms with Crippen LogP contribution in [-0.2, 0) is 7.86 Å². The molecule has 0 radical (unpaired) electrons. The zero-order valence-electron chi connectivity index (χ0n) is 8.26. The summed E-state index contributed by atoms with van der Waals surface area (Å²) in [6.45, 7) is 0.339. The molecule has 0 saturated carbocycles. The minimum Gasteiger partial charge on any atom is -0.393 e. The molecule has 0 aliphatic heterocycles. The summed E-state index contributed by atoms with van der Waals surface area (Å²) in [4.78, 5) is 20.8. The highest BCUT2D eigenvalue weighted by atomic mass is 127. The third-order valence-electron chi connectivity index (χ3n) is 1.57. The van der Waals surface area contributed by atoms with E-state index in [0.717, 1.165) is 0 Å². The van der Waals surface area contributed by atoms with Gasteiger partial charge in [-0.2, -0.15) is 0 Å². The molecular weight excluding hydrogens is 333 g/mol. The van der Waals surface area contributed by atoms with Crippen LogP contribution in [0.1, 0.15) is 12.8 Å². The van der Waals surface area contributed by atoms with Crippen molar-refractivity contribution in [3.8, 4) is 0 Å². The van der Waals surface area contributed by atoms with E-state index in [4.69, 9.17) is 11.5 Å². The first-order valence-corrected chi connectivity index (χ1v) is 5.15. The van der Waals surface area contributed by atoms with Crippen molar-refractivity contribution in [1.82, 2.24) is 5.32 Å². The van der Waals surface area contributed by atoms with Crippen molar-refractivity contribution >= 4 is 34.9 Å². The van der Waals surface area contributed by atoms with Gasteiger partial charge in [-0.05, 0) is 12.8 Å². The molecule has 0 aliphatic carbocycles. The first-order valence-electron chi connectivity index (χ1n) is 4.27. The minimum absolute atomic E-state index is 0.282. The van der Waals surface area contributed by atoms with E-state index in [-0.39, 0.29) is 5.96 Å². The van der Waals surface area contributed by atoms with Crippen LogP contribution in [0.4, 0.5) is 0 Å². The van der Waals surface area contributed by atoms with Gasteiger partial charge in [-0.15, -0.1) is 0 Å². The van der Waals surface area contributed by atoms with Crippen LogP contribution in [0.25, 0.3) is 0 Å². The van der Waals surface area contributed by atoms with E-state index >= 15 is 0 Å². The van der Waals surface area contributed by atoms with Gasteiger partial charge in [0.15, 0.2) is 28.0 Å². The Kier molecular flexibility index (Phi) is 7.45. The van der Waals surface area contributed by atoms with Gasteiger partial charge >= 0.3 is 5.97 Å². The number of nitrogens with zero attached hydrogens (tertiary/aromatic N) is 2. The molecule has 0 aliphatic rings. The molecule has 1 atom stereocenters. The number of guanidine groups is 1. The second kappa shape index (κ2) is 8.04. The number of rotatable bonds is 6. The quantitative estimate of drug-likeness (QED) is 0.141. The van der Waals surface area contributed by atoms with Gasteiger partial charge in [0.05, 0.1) is 0 Å². The van der Waals surface area contributed by atoms with Crippen molar-refractivity contribution in [2.45, 2.75) is 18.9 Å². The summed E-state index contributed by atoms with van der Waals surface area (Å²) in [5.74, 6) is -0.789. The van der Waals surface area contributed by atoms with Gasteiger partial charge < -0.3 is 19.9 Å². The van der Waals surface area contributed by atoms with E-state index in [2.05, 4.69) is 13.5 Å². The Morgan fingerprint density at radius 3 is 2.81 bits per heavy atom. The van der Waals surface area contributed by atoms with E-state index in [1.807, 2.05) is 0 Å². The molecule has 5 N–H and O–H groups in total. The third kappa shape index (κ3) is 7.17. The zero-order valence-corrected chi connectivity index (χ0v) is 10.4. The summed E-state index contributed by atoms with van der Waals surface area (Å²) in [6.07, 6.45) is 0.904. The van der Waals surface area contributed by atoms with Crippen LogP contribution < -0.4 is 16.8 Å². The third-order valence-corrected chi connectivity index (χ3v) is 2.00. The first kappa shape index (κ1) is 14.8. The lowest BCUT2D eigenvalue weighted by molar-refractivity contribution is -0.485. The van der Waals surface area contributed by atoms with Gasteiger partial charge in [-0.1, -0.05) is 0 Å². The number of carbonyl (C=O) groups is 1. The van der Waals surface area contributed by atoms with Gasteiger partial charge in [-0.25, -0.2) is 14.9 Å². The predicted octanol–water partition coefficient (Wildman–Crippen LogP) is -0.917. The Bertz CT molecular complexity index is 284. The van der Waals surface area contributed by atoms with Crippen LogP contribution in [0.2, 0.25) is 0 Å². The number of hydrogen-bond donors (Lipinski definition) is 3. The minimum atomic E-state index is -0.901. The van der Waals surface area contributed by atoms with Crippen molar-refractivity contribution in [3.63, 3.8) is 0 Å². The number of hydrogen-bond acceptors (Lipinski definition) is 5. The van der Waals surface area contributed by atoms with Crippen LogP contribution in [0.3, 0.4) is 0 Å². The lowest BCUT2D eigenvalue weighted by Crippen LogP contribution is -2.35. The van der Waals surface area contributed by atoms with Crippen LogP contribution in [0.15, 0.2) is 5.10 Å². The van der Waals surface area contributed by atoms with Gasteiger partial charge in [-0.3, -0.25) is 0 Å². The molecule has 0 aromatic heterocycles. The largest absolute Gasteiger partial charge is 0.393 e. The maximum absolute atomic E-state index is 10.9. The predicted molar refractivity (Wildman–Crippen MR) is 63.9 cm³/mol. The molecule has 0 heterocycles. The zero-order chi connectivity index (χ0) is 12.6. The summed E-state index contributed by atoms with van der Waals surface area (Å²) in [5.41, 5.74) is 10.6. The molecule has 16 heavy (non-hydrogen) atoms. The van der Waals surface area contributed by atoms with Crippen molar-refractivity contribution in [3.05, 3.63) is 10.1 Å². The maximum atomic E-state index is 10.9. The van der Waals surface area contributed by atoms with Crippen LogP contribution >= 0.6 is 23.0 Å². The summed E-state index contributed by atoms with van der Waals surface area (Å²) in [7, 11) is 0. The summed E-state index contributed by atoms with van der Waals surface area (Å²) in [5, 5.41) is 14.3. The number of halogens is 1. The lowest BCUT2D eigenvalue weighted by atomic mass is 10.2. The number of nitrogens with two attached hydrogens (primary N) is 2. The molecule has 9 nitrogen and oxygen atoms in total. The average Bonchev–Trinajstić information content (AvgIpc) is 2.21. The molecule has 0 aromatic carbocycles. The molecule has 0 bridgehead atoms. The number of nitro groups is 1. The Hall–Kier alpha value is -1.17. The van der Waals surface area contributed by atoms with E-state index < -0.39 is 17.0 Å². The second-order valence-electron chi connectivity index (χ2n) is 2.79. The Morgan fingerprint density at radius 1 is 1.69 bits per heavy atom. The smallest absolute Gasteiger partial charge is 0.332 e. The molecule has 0 amide bonds. The SMILES string of the molecule is N/C(=N/[N+](=O)[O-])NCCCC(N)C(=O)OI. The normalized spacial score (nSPS) is 13.0. The summed E-state index contributed by atoms with van der Waals surface area (Å²) >= 11 is 1.45. The fourth-order valence-corrected chi connectivity index (χ4v) is 1.16. The first-order chi connectivity index (χ1) is 7.47. The van der Waals surface area contributed by atoms with E-state index in [1.165, 1.54) is 23.0 Å². The van der Waals surface area contributed by atoms with Crippen molar-refractivity contribution in [2.75, 3.05) is 6.54 Å².